The molecule has 0 fully saturated rings. The third kappa shape index (κ3) is 4.23. The summed E-state index contributed by atoms with van der Waals surface area (Å²) >= 11 is 1.68. The van der Waals surface area contributed by atoms with Crippen molar-refractivity contribution in [2.24, 2.45) is 0 Å². The van der Waals surface area contributed by atoms with Crippen LogP contribution in [0.2, 0.25) is 0 Å². The molecule has 0 aliphatic rings. The molecule has 2 rings (SSSR count). The molecule has 0 radical (unpaired) electrons. The number of nitrogens with zero attached hydrogens (tertiary/aromatic N) is 1. The van der Waals surface area contributed by atoms with Crippen molar-refractivity contribution in [2.45, 2.75) is 25.3 Å². The smallest absolute Gasteiger partial charge is 0.331 e. The van der Waals surface area contributed by atoms with E-state index in [1.807, 2.05) is 37.4 Å². The number of benzene rings is 1. The highest BCUT2D eigenvalue weighted by atomic mass is 32.2. The number of aromatic nitrogens is 1. The number of esters is 1. The molecule has 0 atom stereocenters. The van der Waals surface area contributed by atoms with E-state index in [0.717, 1.165) is 16.8 Å². The highest BCUT2D eigenvalue weighted by Crippen LogP contribution is 2.16. The summed E-state index contributed by atoms with van der Waals surface area (Å²) < 4.78 is 10.2. The summed E-state index contributed by atoms with van der Waals surface area (Å²) in [6.07, 6.45) is 5.18. The largest absolute Gasteiger partial charge is 0.457 e. The maximum atomic E-state index is 11.7. The van der Waals surface area contributed by atoms with Crippen LogP contribution in [-0.4, -0.2) is 17.4 Å². The number of rotatable bonds is 5. The lowest BCUT2D eigenvalue weighted by atomic mass is 10.2. The van der Waals surface area contributed by atoms with Crippen LogP contribution in [0.25, 0.3) is 6.08 Å². The van der Waals surface area contributed by atoms with E-state index in [4.69, 9.17) is 9.26 Å². The Bertz CT molecular complexity index is 625. The van der Waals surface area contributed by atoms with Crippen molar-refractivity contribution in [1.82, 2.24) is 5.16 Å². The van der Waals surface area contributed by atoms with Gasteiger partial charge in [-0.25, -0.2) is 4.79 Å². The van der Waals surface area contributed by atoms with Crippen molar-refractivity contribution in [1.29, 1.82) is 0 Å². The van der Waals surface area contributed by atoms with Crippen LogP contribution in [0.1, 0.15) is 22.6 Å². The van der Waals surface area contributed by atoms with E-state index < -0.39 is 0 Å². The van der Waals surface area contributed by atoms with Gasteiger partial charge in [-0.15, -0.1) is 11.8 Å². The highest BCUT2D eigenvalue weighted by molar-refractivity contribution is 7.98. The summed E-state index contributed by atoms with van der Waals surface area (Å²) in [6.45, 7) is 3.80. The molecule has 0 N–H and O–H groups in total. The molecular formula is C16H17NO3S. The van der Waals surface area contributed by atoms with Gasteiger partial charge in [0.2, 0.25) is 0 Å². The van der Waals surface area contributed by atoms with Gasteiger partial charge in [0.25, 0.3) is 0 Å². The molecule has 1 aromatic carbocycles. The van der Waals surface area contributed by atoms with Crippen LogP contribution in [0.4, 0.5) is 0 Å². The molecule has 110 valence electrons. The molecule has 0 saturated heterocycles. The zero-order chi connectivity index (χ0) is 15.2. The van der Waals surface area contributed by atoms with Gasteiger partial charge >= 0.3 is 5.97 Å². The summed E-state index contributed by atoms with van der Waals surface area (Å²) in [5, 5.41) is 3.82. The normalized spacial score (nSPS) is 11.0. The van der Waals surface area contributed by atoms with Gasteiger partial charge in [-0.2, -0.15) is 0 Å². The maximum absolute atomic E-state index is 11.7. The van der Waals surface area contributed by atoms with Crippen molar-refractivity contribution in [3.63, 3.8) is 0 Å². The topological polar surface area (TPSA) is 52.3 Å². The van der Waals surface area contributed by atoms with Gasteiger partial charge in [0.1, 0.15) is 12.4 Å². The number of ether oxygens (including phenoxy) is 1. The Morgan fingerprint density at radius 1 is 1.33 bits per heavy atom. The number of carbonyl (C=O) groups excluding carboxylic acids is 1. The number of thioether (sulfide) groups is 1. The molecule has 0 aliphatic carbocycles. The second-order valence-corrected chi connectivity index (χ2v) is 5.40. The third-order valence-electron chi connectivity index (χ3n) is 3.07. The van der Waals surface area contributed by atoms with Crippen molar-refractivity contribution >= 4 is 23.8 Å². The first-order valence-corrected chi connectivity index (χ1v) is 7.73. The van der Waals surface area contributed by atoms with Crippen LogP contribution >= 0.6 is 11.8 Å². The molecule has 0 unspecified atom stereocenters. The van der Waals surface area contributed by atoms with E-state index in [0.29, 0.717) is 5.76 Å². The lowest BCUT2D eigenvalue weighted by Crippen LogP contribution is -2.02. The minimum Gasteiger partial charge on any atom is -0.457 e. The Labute approximate surface area is 128 Å². The molecule has 1 aromatic heterocycles. The molecule has 0 saturated carbocycles. The highest BCUT2D eigenvalue weighted by Gasteiger charge is 2.10. The van der Waals surface area contributed by atoms with Crippen LogP contribution in [0.5, 0.6) is 0 Å². The lowest BCUT2D eigenvalue weighted by molar-refractivity contribution is -0.138. The molecular weight excluding hydrogens is 286 g/mol. The van der Waals surface area contributed by atoms with Crippen molar-refractivity contribution in [3.05, 3.63) is 52.9 Å². The van der Waals surface area contributed by atoms with Crippen LogP contribution in [0.3, 0.4) is 0 Å². The van der Waals surface area contributed by atoms with Gasteiger partial charge in [-0.1, -0.05) is 17.3 Å². The number of carbonyl (C=O) groups is 1. The number of hydrogen-bond donors (Lipinski definition) is 0. The summed E-state index contributed by atoms with van der Waals surface area (Å²) in [4.78, 5) is 12.9. The molecule has 0 spiro atoms. The van der Waals surface area contributed by atoms with E-state index in [-0.39, 0.29) is 12.6 Å². The van der Waals surface area contributed by atoms with Gasteiger partial charge in [0.05, 0.1) is 11.3 Å². The summed E-state index contributed by atoms with van der Waals surface area (Å²) in [5.41, 5.74) is 2.53. The van der Waals surface area contributed by atoms with Crippen molar-refractivity contribution < 1.29 is 14.1 Å². The third-order valence-corrected chi connectivity index (χ3v) is 3.81. The maximum Gasteiger partial charge on any atom is 0.331 e. The first-order chi connectivity index (χ1) is 10.1. The predicted octanol–water partition coefficient (Wildman–Crippen LogP) is 3.77. The Hall–Kier alpha value is -2.01. The molecule has 0 amide bonds. The van der Waals surface area contributed by atoms with Crippen LogP contribution in [0.15, 0.2) is 39.8 Å². The van der Waals surface area contributed by atoms with E-state index in [9.17, 15) is 4.79 Å². The second-order valence-electron chi connectivity index (χ2n) is 4.52. The molecule has 0 bridgehead atoms. The van der Waals surface area contributed by atoms with E-state index >= 15 is 0 Å². The van der Waals surface area contributed by atoms with Gasteiger partial charge in [0, 0.05) is 11.0 Å². The SMILES string of the molecule is CSc1ccc(/C=C/C(=O)OCc2c(C)noc2C)cc1. The fourth-order valence-corrected chi connectivity index (χ4v) is 2.19. The van der Waals surface area contributed by atoms with Gasteiger partial charge in [-0.3, -0.25) is 0 Å². The molecule has 5 heteroatoms. The van der Waals surface area contributed by atoms with Crippen LogP contribution in [-0.2, 0) is 16.1 Å². The van der Waals surface area contributed by atoms with E-state index in [1.165, 1.54) is 11.0 Å². The van der Waals surface area contributed by atoms with Gasteiger partial charge in [0.15, 0.2) is 0 Å². The minimum absolute atomic E-state index is 0.176. The summed E-state index contributed by atoms with van der Waals surface area (Å²) in [7, 11) is 0. The molecule has 0 aliphatic heterocycles. The standard InChI is InChI=1S/C16H17NO3S/c1-11-15(12(2)20-17-11)10-19-16(18)9-6-13-4-7-14(21-3)8-5-13/h4-9H,10H2,1-3H3/b9-6+. The lowest BCUT2D eigenvalue weighted by Gasteiger charge is -2.01. The van der Waals surface area contributed by atoms with Crippen molar-refractivity contribution in [3.8, 4) is 0 Å². The van der Waals surface area contributed by atoms with E-state index in [2.05, 4.69) is 5.16 Å². The Kier molecular flexibility index (Phi) is 5.22. The molecule has 2 aromatic rings. The fourth-order valence-electron chi connectivity index (χ4n) is 1.78. The van der Waals surface area contributed by atoms with Crippen LogP contribution < -0.4 is 0 Å². The van der Waals surface area contributed by atoms with E-state index in [1.54, 1.807) is 24.8 Å². The number of hydrogen-bond acceptors (Lipinski definition) is 5. The molecule has 21 heavy (non-hydrogen) atoms. The van der Waals surface area contributed by atoms with Crippen LogP contribution in [0, 0.1) is 13.8 Å². The zero-order valence-electron chi connectivity index (χ0n) is 12.3. The predicted molar refractivity (Wildman–Crippen MR) is 83.0 cm³/mol. The second kappa shape index (κ2) is 7.13. The first-order valence-electron chi connectivity index (χ1n) is 6.51. The Balaban J connectivity index is 1.90. The molecule has 4 nitrogen and oxygen atoms in total. The minimum atomic E-state index is -0.385. The summed E-state index contributed by atoms with van der Waals surface area (Å²) in [5.74, 6) is 0.292. The fraction of sp³-hybridized carbons (Fsp3) is 0.250. The van der Waals surface area contributed by atoms with Gasteiger partial charge < -0.3 is 9.26 Å². The average Bonchev–Trinajstić information content (AvgIpc) is 2.82. The summed E-state index contributed by atoms with van der Waals surface area (Å²) in [6, 6.07) is 7.95. The van der Waals surface area contributed by atoms with Gasteiger partial charge in [-0.05, 0) is 43.9 Å². The average molecular weight is 303 g/mol. The quantitative estimate of drug-likeness (QED) is 0.478. The Morgan fingerprint density at radius 2 is 2.05 bits per heavy atom. The zero-order valence-corrected chi connectivity index (χ0v) is 13.1. The Morgan fingerprint density at radius 3 is 2.62 bits per heavy atom. The first kappa shape index (κ1) is 15.4. The molecule has 1 heterocycles. The monoisotopic (exact) mass is 303 g/mol. The van der Waals surface area contributed by atoms with Crippen molar-refractivity contribution in [2.75, 3.05) is 6.26 Å². The number of aryl methyl sites for hydroxylation is 2.